The topological polar surface area (TPSA) is 79.5 Å². The van der Waals surface area contributed by atoms with Crippen LogP contribution in [0.5, 0.6) is 0 Å². The number of aromatic nitrogens is 2. The minimum atomic E-state index is -0.637. The highest BCUT2D eigenvalue weighted by Crippen LogP contribution is 2.49. The van der Waals surface area contributed by atoms with E-state index in [0.717, 1.165) is 50.9 Å². The third-order valence-corrected chi connectivity index (χ3v) is 4.99. The fourth-order valence-corrected chi connectivity index (χ4v) is 3.85. The lowest BCUT2D eigenvalue weighted by Gasteiger charge is -2.23. The van der Waals surface area contributed by atoms with Gasteiger partial charge < -0.3 is 9.63 Å². The smallest absolute Gasteiger partial charge is 0.311 e. The molecule has 3 rings (SSSR count). The van der Waals surface area contributed by atoms with Gasteiger partial charge in [-0.1, -0.05) is 24.9 Å². The zero-order chi connectivity index (χ0) is 14.9. The molecule has 2 fully saturated rings. The molecule has 0 radical (unpaired) electrons. The van der Waals surface area contributed by atoms with Crippen LogP contribution in [0.15, 0.2) is 4.52 Å². The van der Waals surface area contributed by atoms with E-state index in [2.05, 4.69) is 22.0 Å². The van der Waals surface area contributed by atoms with Crippen molar-refractivity contribution in [3.05, 3.63) is 11.7 Å². The Morgan fingerprint density at radius 3 is 3.14 bits per heavy atom. The van der Waals surface area contributed by atoms with Crippen LogP contribution in [-0.4, -0.2) is 39.2 Å². The summed E-state index contributed by atoms with van der Waals surface area (Å²) in [4.78, 5) is 18.2. The fraction of sp³-hybridized carbons (Fsp3) is 0.800. The van der Waals surface area contributed by atoms with E-state index in [4.69, 9.17) is 4.52 Å². The summed E-state index contributed by atoms with van der Waals surface area (Å²) in [5, 5.41) is 13.6. The molecule has 1 N–H and O–H groups in total. The number of nitrogens with zero attached hydrogens (tertiary/aromatic N) is 3. The summed E-state index contributed by atoms with van der Waals surface area (Å²) >= 11 is 0. The maximum atomic E-state index is 11.6. The summed E-state index contributed by atoms with van der Waals surface area (Å²) in [6.07, 6.45) is 5.88. The molecule has 0 unspecified atom stereocenters. The first-order valence-electron chi connectivity index (χ1n) is 7.91. The maximum Gasteiger partial charge on any atom is 0.311 e. The van der Waals surface area contributed by atoms with Crippen LogP contribution in [0.1, 0.15) is 50.7 Å². The van der Waals surface area contributed by atoms with Gasteiger partial charge in [-0.2, -0.15) is 4.98 Å². The molecule has 0 bridgehead atoms. The zero-order valence-corrected chi connectivity index (χ0v) is 12.5. The number of aryl methyl sites for hydroxylation is 1. The highest BCUT2D eigenvalue weighted by Gasteiger charge is 2.54. The number of hydrogen-bond acceptors (Lipinski definition) is 5. The van der Waals surface area contributed by atoms with Gasteiger partial charge in [0.05, 0.1) is 12.0 Å². The Morgan fingerprint density at radius 1 is 1.57 bits per heavy atom. The van der Waals surface area contributed by atoms with Crippen molar-refractivity contribution in [2.45, 2.75) is 52.0 Å². The van der Waals surface area contributed by atoms with Gasteiger partial charge >= 0.3 is 5.97 Å². The van der Waals surface area contributed by atoms with Crippen molar-refractivity contribution in [3.63, 3.8) is 0 Å². The van der Waals surface area contributed by atoms with Crippen LogP contribution >= 0.6 is 0 Å². The molecule has 0 aromatic carbocycles. The fourth-order valence-electron chi connectivity index (χ4n) is 3.85. The third-order valence-electron chi connectivity index (χ3n) is 4.99. The standard InChI is InChI=1S/C15H23N3O3/c1-2-3-6-12-16-13(21-17-12)9-18-8-11-5-4-7-15(11,10-18)14(19)20/h11H,2-10H2,1H3,(H,19,20)/t11-,15+/m0/s1. The van der Waals surface area contributed by atoms with Crippen molar-refractivity contribution in [2.75, 3.05) is 13.1 Å². The Morgan fingerprint density at radius 2 is 2.43 bits per heavy atom. The number of rotatable bonds is 6. The highest BCUT2D eigenvalue weighted by atomic mass is 16.5. The molecule has 0 spiro atoms. The Hall–Kier alpha value is -1.43. The average molecular weight is 293 g/mol. The lowest BCUT2D eigenvalue weighted by molar-refractivity contribution is -0.149. The Bertz CT molecular complexity index is 516. The van der Waals surface area contributed by atoms with Gasteiger partial charge in [-0.25, -0.2) is 0 Å². The normalized spacial score (nSPS) is 28.9. The number of carbonyl (C=O) groups is 1. The molecule has 1 aliphatic carbocycles. The first kappa shape index (κ1) is 14.5. The Balaban J connectivity index is 1.62. The lowest BCUT2D eigenvalue weighted by atomic mass is 9.81. The van der Waals surface area contributed by atoms with Crippen LogP contribution in [0.4, 0.5) is 0 Å². The van der Waals surface area contributed by atoms with Gasteiger partial charge in [0.25, 0.3) is 0 Å². The van der Waals surface area contributed by atoms with E-state index in [1.807, 2.05) is 0 Å². The van der Waals surface area contributed by atoms with Crippen LogP contribution in [0.3, 0.4) is 0 Å². The molecule has 2 aliphatic rings. The van der Waals surface area contributed by atoms with Gasteiger partial charge in [0.1, 0.15) is 0 Å². The number of fused-ring (bicyclic) bond motifs is 1. The molecule has 2 atom stereocenters. The maximum absolute atomic E-state index is 11.6. The Labute approximate surface area is 124 Å². The summed E-state index contributed by atoms with van der Waals surface area (Å²) in [6.45, 7) is 4.15. The molecule has 1 aliphatic heterocycles. The van der Waals surface area contributed by atoms with Crippen molar-refractivity contribution in [1.82, 2.24) is 15.0 Å². The summed E-state index contributed by atoms with van der Waals surface area (Å²) in [5.41, 5.74) is -0.537. The predicted molar refractivity (Wildman–Crippen MR) is 75.6 cm³/mol. The van der Waals surface area contributed by atoms with Gasteiger partial charge in [-0.15, -0.1) is 0 Å². The van der Waals surface area contributed by atoms with E-state index >= 15 is 0 Å². The van der Waals surface area contributed by atoms with E-state index < -0.39 is 11.4 Å². The van der Waals surface area contributed by atoms with Gasteiger partial charge in [0, 0.05) is 19.5 Å². The molecule has 1 aromatic heterocycles. The van der Waals surface area contributed by atoms with Crippen molar-refractivity contribution in [3.8, 4) is 0 Å². The molecular formula is C15H23N3O3. The second-order valence-electron chi connectivity index (χ2n) is 6.43. The third kappa shape index (κ3) is 2.69. The number of aliphatic carboxylic acids is 1. The largest absolute Gasteiger partial charge is 0.481 e. The number of unbranched alkanes of at least 4 members (excludes halogenated alkanes) is 1. The van der Waals surface area contributed by atoms with Crippen LogP contribution in [-0.2, 0) is 17.8 Å². The van der Waals surface area contributed by atoms with E-state index in [9.17, 15) is 9.90 Å². The molecule has 21 heavy (non-hydrogen) atoms. The van der Waals surface area contributed by atoms with E-state index in [0.29, 0.717) is 19.0 Å². The summed E-state index contributed by atoms with van der Waals surface area (Å²) in [7, 11) is 0. The summed E-state index contributed by atoms with van der Waals surface area (Å²) in [6, 6.07) is 0. The van der Waals surface area contributed by atoms with E-state index in [1.54, 1.807) is 0 Å². The minimum Gasteiger partial charge on any atom is -0.481 e. The molecule has 2 heterocycles. The van der Waals surface area contributed by atoms with Crippen molar-refractivity contribution < 1.29 is 14.4 Å². The Kier molecular flexibility index (Phi) is 3.97. The molecule has 1 saturated carbocycles. The van der Waals surface area contributed by atoms with Crippen LogP contribution in [0.2, 0.25) is 0 Å². The number of carboxylic acid groups (broad SMARTS) is 1. The summed E-state index contributed by atoms with van der Waals surface area (Å²) < 4.78 is 5.29. The minimum absolute atomic E-state index is 0.275. The van der Waals surface area contributed by atoms with E-state index in [1.165, 1.54) is 0 Å². The molecule has 6 nitrogen and oxygen atoms in total. The highest BCUT2D eigenvalue weighted by molar-refractivity contribution is 5.76. The van der Waals surface area contributed by atoms with Crippen LogP contribution in [0, 0.1) is 11.3 Å². The SMILES string of the molecule is CCCCc1noc(CN2C[C@@H]3CCC[C@@]3(C(=O)O)C2)n1. The molecular weight excluding hydrogens is 270 g/mol. The van der Waals surface area contributed by atoms with Gasteiger partial charge in [-0.05, 0) is 25.2 Å². The van der Waals surface area contributed by atoms with Crippen molar-refractivity contribution >= 4 is 5.97 Å². The van der Waals surface area contributed by atoms with Crippen LogP contribution in [0.25, 0.3) is 0 Å². The van der Waals surface area contributed by atoms with Crippen LogP contribution < -0.4 is 0 Å². The predicted octanol–water partition coefficient (Wildman–Crippen LogP) is 2.10. The molecule has 1 aromatic rings. The average Bonchev–Trinajstić information content (AvgIpc) is 3.10. The molecule has 1 saturated heterocycles. The number of hydrogen-bond donors (Lipinski definition) is 1. The number of carboxylic acids is 1. The second kappa shape index (κ2) is 5.75. The molecule has 116 valence electrons. The van der Waals surface area contributed by atoms with E-state index in [-0.39, 0.29) is 5.92 Å². The number of likely N-dealkylation sites (tertiary alicyclic amines) is 1. The first-order valence-corrected chi connectivity index (χ1v) is 7.91. The summed E-state index contributed by atoms with van der Waals surface area (Å²) in [5.74, 6) is 1.01. The zero-order valence-electron chi connectivity index (χ0n) is 12.5. The monoisotopic (exact) mass is 293 g/mol. The quantitative estimate of drug-likeness (QED) is 0.865. The van der Waals surface area contributed by atoms with Crippen molar-refractivity contribution in [1.29, 1.82) is 0 Å². The van der Waals surface area contributed by atoms with Gasteiger partial charge in [0.15, 0.2) is 5.82 Å². The molecule has 6 heteroatoms. The lowest BCUT2D eigenvalue weighted by Crippen LogP contribution is -2.35. The first-order chi connectivity index (χ1) is 10.1. The van der Waals surface area contributed by atoms with Crippen molar-refractivity contribution in [2.24, 2.45) is 11.3 Å². The molecule has 0 amide bonds. The van der Waals surface area contributed by atoms with Gasteiger partial charge in [0.2, 0.25) is 5.89 Å². The second-order valence-corrected chi connectivity index (χ2v) is 6.43. The van der Waals surface area contributed by atoms with Gasteiger partial charge in [-0.3, -0.25) is 9.69 Å².